The molecule has 0 aliphatic carbocycles. The number of anilines is 2. The second-order valence-corrected chi connectivity index (χ2v) is 5.06. The number of aromatic nitrogens is 4. The molecular weight excluding hydrogens is 248 g/mol. The van der Waals surface area contributed by atoms with Gasteiger partial charge < -0.3 is 15.5 Å². The molecule has 0 aliphatic heterocycles. The Bertz CT molecular complexity index is 615. The second kappa shape index (κ2) is 4.38. The number of nitrogens with zero attached hydrogens (tertiary/aromatic N) is 4. The number of carbonyl (C=O) groups excluding carboxylic acids is 1. The Hall–Kier alpha value is -2.38. The summed E-state index contributed by atoms with van der Waals surface area (Å²) in [5.74, 6) is 0.557. The molecule has 0 spiro atoms. The van der Waals surface area contributed by atoms with Crippen molar-refractivity contribution in [2.75, 3.05) is 17.7 Å². The van der Waals surface area contributed by atoms with Crippen molar-refractivity contribution in [3.05, 3.63) is 6.33 Å². The molecule has 19 heavy (non-hydrogen) atoms. The lowest BCUT2D eigenvalue weighted by Crippen LogP contribution is -2.34. The highest BCUT2D eigenvalue weighted by Gasteiger charge is 2.23. The van der Waals surface area contributed by atoms with Crippen LogP contribution >= 0.6 is 0 Å². The third-order valence-corrected chi connectivity index (χ3v) is 2.28. The highest BCUT2D eigenvalue weighted by Crippen LogP contribution is 2.19. The third kappa shape index (κ3) is 2.72. The summed E-state index contributed by atoms with van der Waals surface area (Å²) in [5.41, 5.74) is 6.00. The van der Waals surface area contributed by atoms with Gasteiger partial charge >= 0.3 is 6.09 Å². The number of fused-ring (bicyclic) bond motifs is 1. The van der Waals surface area contributed by atoms with Gasteiger partial charge in [0, 0.05) is 7.05 Å². The van der Waals surface area contributed by atoms with Crippen molar-refractivity contribution >= 4 is 29.0 Å². The van der Waals surface area contributed by atoms with E-state index in [0.29, 0.717) is 17.1 Å². The summed E-state index contributed by atoms with van der Waals surface area (Å²) in [4.78, 5) is 28.0. The number of nitrogen functional groups attached to an aromatic ring is 1. The maximum atomic E-state index is 11.9. The SMILES string of the molecule is CN(C(=O)OC(C)(C)C)c1nc2c(N)ncnc2[nH]1. The minimum absolute atomic E-state index is 0.255. The zero-order valence-corrected chi connectivity index (χ0v) is 11.3. The monoisotopic (exact) mass is 264 g/mol. The highest BCUT2D eigenvalue weighted by atomic mass is 16.6. The molecule has 0 fully saturated rings. The van der Waals surface area contributed by atoms with Crippen LogP contribution in [0.4, 0.5) is 16.6 Å². The lowest BCUT2D eigenvalue weighted by atomic mass is 10.2. The second-order valence-electron chi connectivity index (χ2n) is 5.06. The zero-order valence-electron chi connectivity index (χ0n) is 11.3. The summed E-state index contributed by atoms with van der Waals surface area (Å²) in [6.45, 7) is 5.38. The topological polar surface area (TPSA) is 110 Å². The summed E-state index contributed by atoms with van der Waals surface area (Å²) in [6.07, 6.45) is 0.811. The van der Waals surface area contributed by atoms with Crippen molar-refractivity contribution in [2.45, 2.75) is 26.4 Å². The van der Waals surface area contributed by atoms with Gasteiger partial charge in [-0.3, -0.25) is 4.90 Å². The summed E-state index contributed by atoms with van der Waals surface area (Å²) < 4.78 is 5.24. The first-order valence-corrected chi connectivity index (χ1v) is 5.71. The first-order chi connectivity index (χ1) is 8.78. The molecule has 0 saturated carbocycles. The van der Waals surface area contributed by atoms with Crippen molar-refractivity contribution in [3.8, 4) is 0 Å². The van der Waals surface area contributed by atoms with Crippen LogP contribution in [-0.4, -0.2) is 38.7 Å². The largest absolute Gasteiger partial charge is 0.443 e. The van der Waals surface area contributed by atoms with Gasteiger partial charge in [0.05, 0.1) is 0 Å². The molecule has 0 aromatic carbocycles. The molecular formula is C11H16N6O2. The summed E-state index contributed by atoms with van der Waals surface area (Å²) in [5, 5.41) is 0. The lowest BCUT2D eigenvalue weighted by molar-refractivity contribution is 0.0587. The Morgan fingerprint density at radius 1 is 1.42 bits per heavy atom. The molecule has 0 radical (unpaired) electrons. The van der Waals surface area contributed by atoms with Gasteiger partial charge in [0.25, 0.3) is 0 Å². The van der Waals surface area contributed by atoms with Gasteiger partial charge in [0.15, 0.2) is 17.0 Å². The zero-order chi connectivity index (χ0) is 14.2. The Labute approximate surface area is 110 Å². The van der Waals surface area contributed by atoms with Gasteiger partial charge in [0.1, 0.15) is 11.9 Å². The van der Waals surface area contributed by atoms with E-state index in [1.54, 1.807) is 27.8 Å². The van der Waals surface area contributed by atoms with E-state index >= 15 is 0 Å². The Morgan fingerprint density at radius 3 is 2.68 bits per heavy atom. The maximum absolute atomic E-state index is 11.9. The van der Waals surface area contributed by atoms with Crippen LogP contribution in [0.2, 0.25) is 0 Å². The highest BCUT2D eigenvalue weighted by molar-refractivity contribution is 5.89. The van der Waals surface area contributed by atoms with E-state index in [0.717, 1.165) is 0 Å². The van der Waals surface area contributed by atoms with E-state index in [2.05, 4.69) is 19.9 Å². The molecule has 8 nitrogen and oxygen atoms in total. The fourth-order valence-electron chi connectivity index (χ4n) is 1.41. The maximum Gasteiger partial charge on any atom is 0.416 e. The van der Waals surface area contributed by atoms with Gasteiger partial charge in [-0.15, -0.1) is 0 Å². The Morgan fingerprint density at radius 2 is 2.11 bits per heavy atom. The van der Waals surface area contributed by atoms with Crippen molar-refractivity contribution in [2.24, 2.45) is 0 Å². The number of nitrogens with one attached hydrogen (secondary N) is 1. The van der Waals surface area contributed by atoms with Gasteiger partial charge in [-0.25, -0.2) is 19.7 Å². The summed E-state index contributed by atoms with van der Waals surface area (Å²) in [6, 6.07) is 0. The predicted molar refractivity (Wildman–Crippen MR) is 70.7 cm³/mol. The summed E-state index contributed by atoms with van der Waals surface area (Å²) >= 11 is 0. The number of hydrogen-bond acceptors (Lipinski definition) is 6. The van der Waals surface area contributed by atoms with E-state index in [-0.39, 0.29) is 5.82 Å². The van der Waals surface area contributed by atoms with Crippen LogP contribution in [0, 0.1) is 0 Å². The molecule has 3 N–H and O–H groups in total. The number of rotatable bonds is 1. The predicted octanol–water partition coefficient (Wildman–Crippen LogP) is 1.31. The molecule has 8 heteroatoms. The van der Waals surface area contributed by atoms with Crippen LogP contribution in [0.1, 0.15) is 20.8 Å². The van der Waals surface area contributed by atoms with Crippen molar-refractivity contribution in [3.63, 3.8) is 0 Å². The van der Waals surface area contributed by atoms with Crippen LogP contribution in [0.5, 0.6) is 0 Å². The van der Waals surface area contributed by atoms with E-state index in [4.69, 9.17) is 10.5 Å². The van der Waals surface area contributed by atoms with E-state index in [1.807, 2.05) is 0 Å². The molecule has 0 saturated heterocycles. The van der Waals surface area contributed by atoms with Crippen LogP contribution in [0.25, 0.3) is 11.2 Å². The Balaban J connectivity index is 2.29. The minimum Gasteiger partial charge on any atom is -0.443 e. The number of imidazole rings is 1. The molecule has 2 aromatic heterocycles. The molecule has 2 rings (SSSR count). The van der Waals surface area contributed by atoms with Crippen molar-refractivity contribution < 1.29 is 9.53 Å². The van der Waals surface area contributed by atoms with E-state index < -0.39 is 11.7 Å². The standard InChI is InChI=1S/C11H16N6O2/c1-11(2,3)19-10(18)17(4)9-15-6-7(12)13-5-14-8(6)16-9/h5H,1-4H3,(H3,12,13,14,15,16). The molecule has 0 atom stereocenters. The first kappa shape index (κ1) is 13.1. The number of nitrogens with two attached hydrogens (primary N) is 1. The number of amides is 1. The van der Waals surface area contributed by atoms with Gasteiger partial charge in [-0.1, -0.05) is 0 Å². The molecule has 0 aliphatic rings. The van der Waals surface area contributed by atoms with Crippen LogP contribution in [0.3, 0.4) is 0 Å². The third-order valence-electron chi connectivity index (χ3n) is 2.28. The van der Waals surface area contributed by atoms with Crippen LogP contribution < -0.4 is 10.6 Å². The normalized spacial score (nSPS) is 11.6. The molecule has 0 unspecified atom stereocenters. The molecule has 0 bridgehead atoms. The smallest absolute Gasteiger partial charge is 0.416 e. The molecule has 102 valence electrons. The van der Waals surface area contributed by atoms with Crippen LogP contribution in [-0.2, 0) is 4.74 Å². The van der Waals surface area contributed by atoms with Gasteiger partial charge in [0.2, 0.25) is 5.95 Å². The van der Waals surface area contributed by atoms with Crippen molar-refractivity contribution in [1.82, 2.24) is 19.9 Å². The lowest BCUT2D eigenvalue weighted by Gasteiger charge is -2.23. The number of H-pyrrole nitrogens is 1. The van der Waals surface area contributed by atoms with E-state index in [9.17, 15) is 4.79 Å². The minimum atomic E-state index is -0.573. The number of ether oxygens (including phenoxy) is 1. The average molecular weight is 264 g/mol. The average Bonchev–Trinajstić information content (AvgIpc) is 2.71. The molecule has 2 heterocycles. The number of hydrogen-bond donors (Lipinski definition) is 2. The molecule has 1 amide bonds. The van der Waals surface area contributed by atoms with Crippen LogP contribution in [0.15, 0.2) is 6.33 Å². The summed E-state index contributed by atoms with van der Waals surface area (Å²) in [7, 11) is 1.55. The fourth-order valence-corrected chi connectivity index (χ4v) is 1.41. The van der Waals surface area contributed by atoms with E-state index in [1.165, 1.54) is 11.2 Å². The number of carbonyl (C=O) groups is 1. The quantitative estimate of drug-likeness (QED) is 0.803. The first-order valence-electron chi connectivity index (χ1n) is 5.71. The van der Waals surface area contributed by atoms with Gasteiger partial charge in [-0.05, 0) is 20.8 Å². The number of aromatic amines is 1. The Kier molecular flexibility index (Phi) is 3.01. The van der Waals surface area contributed by atoms with Crippen molar-refractivity contribution in [1.29, 1.82) is 0 Å². The molecule has 2 aromatic rings. The van der Waals surface area contributed by atoms with Gasteiger partial charge in [-0.2, -0.15) is 0 Å². The fraction of sp³-hybridized carbons (Fsp3) is 0.455.